The van der Waals surface area contributed by atoms with Crippen LogP contribution in [0.25, 0.3) is 0 Å². The van der Waals surface area contributed by atoms with Gasteiger partial charge in [-0.15, -0.1) is 0 Å². The number of hydrogen-bond donors (Lipinski definition) is 1. The summed E-state index contributed by atoms with van der Waals surface area (Å²) in [6.45, 7) is 8.29. The highest BCUT2D eigenvalue weighted by molar-refractivity contribution is 6.03. The molecule has 2 bridgehead atoms. The Morgan fingerprint density at radius 2 is 2.03 bits per heavy atom. The number of rotatable bonds is 9. The molecule has 3 heterocycles. The van der Waals surface area contributed by atoms with E-state index in [1.54, 1.807) is 12.0 Å². The number of hydrogen-bond acceptors (Lipinski definition) is 5. The van der Waals surface area contributed by atoms with E-state index in [4.69, 9.17) is 9.47 Å². The van der Waals surface area contributed by atoms with E-state index in [0.717, 1.165) is 37.5 Å². The van der Waals surface area contributed by atoms with Crippen molar-refractivity contribution < 1.29 is 19.1 Å². The Balaban J connectivity index is 1.43. The number of fused-ring (bicyclic) bond motifs is 1. The first-order chi connectivity index (χ1) is 14.5. The van der Waals surface area contributed by atoms with Gasteiger partial charge in [0.2, 0.25) is 11.8 Å². The van der Waals surface area contributed by atoms with Gasteiger partial charge < -0.3 is 24.6 Å². The third-order valence-electron chi connectivity index (χ3n) is 6.63. The Bertz CT molecular complexity index is 820. The molecule has 7 nitrogen and oxygen atoms in total. The molecule has 2 amide bonds. The number of anilines is 1. The smallest absolute Gasteiger partial charge is 0.234 e. The molecule has 1 spiro atoms. The average Bonchev–Trinajstić information content (AvgIpc) is 3.42. The number of carbonyl (C=O) groups is 2. The van der Waals surface area contributed by atoms with Gasteiger partial charge in [0.15, 0.2) is 0 Å². The molecule has 0 aromatic heterocycles. The lowest BCUT2D eigenvalue weighted by atomic mass is 9.77. The molecule has 1 aromatic rings. The fraction of sp³-hybridized carbons (Fsp3) is 0.565. The number of methoxy groups -OCH3 is 1. The molecular formula is C23H31N3O4. The Hall–Kier alpha value is -2.38. The summed E-state index contributed by atoms with van der Waals surface area (Å²) in [6, 6.07) is 7.41. The molecule has 162 valence electrons. The molecule has 1 aromatic carbocycles. The van der Waals surface area contributed by atoms with Crippen molar-refractivity contribution in [2.75, 3.05) is 44.7 Å². The number of ether oxygens (including phenoxy) is 2. The molecule has 4 atom stereocenters. The van der Waals surface area contributed by atoms with Crippen LogP contribution in [-0.2, 0) is 14.3 Å². The summed E-state index contributed by atoms with van der Waals surface area (Å²) >= 11 is 0. The van der Waals surface area contributed by atoms with Gasteiger partial charge in [0.25, 0.3) is 0 Å². The van der Waals surface area contributed by atoms with Gasteiger partial charge in [-0.25, -0.2) is 0 Å². The topological polar surface area (TPSA) is 71.1 Å². The average molecular weight is 414 g/mol. The van der Waals surface area contributed by atoms with Crippen molar-refractivity contribution in [3.63, 3.8) is 0 Å². The van der Waals surface area contributed by atoms with Gasteiger partial charge in [-0.2, -0.15) is 0 Å². The predicted molar refractivity (Wildman–Crippen MR) is 114 cm³/mol. The molecule has 30 heavy (non-hydrogen) atoms. The maximum atomic E-state index is 13.3. The summed E-state index contributed by atoms with van der Waals surface area (Å²) in [5.41, 5.74) is 0.0914. The van der Waals surface area contributed by atoms with Crippen molar-refractivity contribution in [1.82, 2.24) is 10.2 Å². The highest BCUT2D eigenvalue weighted by atomic mass is 16.5. The van der Waals surface area contributed by atoms with Gasteiger partial charge in [0.1, 0.15) is 11.4 Å². The first kappa shape index (κ1) is 20.9. The lowest BCUT2D eigenvalue weighted by Gasteiger charge is -2.24. The number of amides is 2. The monoisotopic (exact) mass is 413 g/mol. The number of benzene rings is 1. The van der Waals surface area contributed by atoms with E-state index in [1.165, 1.54) is 0 Å². The summed E-state index contributed by atoms with van der Waals surface area (Å²) in [6.07, 6.45) is 4.50. The van der Waals surface area contributed by atoms with Crippen molar-refractivity contribution in [2.45, 2.75) is 32.0 Å². The molecule has 4 rings (SSSR count). The zero-order valence-electron chi connectivity index (χ0n) is 18.0. The maximum absolute atomic E-state index is 13.3. The second-order valence-corrected chi connectivity index (χ2v) is 8.19. The summed E-state index contributed by atoms with van der Waals surface area (Å²) in [7, 11) is 1.61. The third-order valence-corrected chi connectivity index (χ3v) is 6.63. The van der Waals surface area contributed by atoms with Gasteiger partial charge in [-0.05, 0) is 50.3 Å². The van der Waals surface area contributed by atoms with Crippen LogP contribution in [0.1, 0.15) is 20.3 Å². The van der Waals surface area contributed by atoms with E-state index >= 15 is 0 Å². The SMILES string of the molecule is CCN(CC)CCCNC(=O)C1C2C(=O)N(c3ccc(OC)cc3)C[C@]23C=C[C@H]1O3. The van der Waals surface area contributed by atoms with Crippen LogP contribution in [-0.4, -0.2) is 68.3 Å². The molecule has 2 saturated heterocycles. The van der Waals surface area contributed by atoms with Crippen molar-refractivity contribution in [3.8, 4) is 5.75 Å². The Labute approximate surface area is 178 Å². The van der Waals surface area contributed by atoms with Gasteiger partial charge in [0.05, 0.1) is 31.6 Å². The molecule has 7 heteroatoms. The highest BCUT2D eigenvalue weighted by Crippen LogP contribution is 2.52. The van der Waals surface area contributed by atoms with Crippen molar-refractivity contribution in [2.24, 2.45) is 11.8 Å². The number of nitrogens with one attached hydrogen (secondary N) is 1. The van der Waals surface area contributed by atoms with Crippen LogP contribution < -0.4 is 15.0 Å². The van der Waals surface area contributed by atoms with Gasteiger partial charge in [0, 0.05) is 12.2 Å². The van der Waals surface area contributed by atoms with Crippen molar-refractivity contribution in [1.29, 1.82) is 0 Å². The largest absolute Gasteiger partial charge is 0.497 e. The second-order valence-electron chi connectivity index (χ2n) is 8.19. The molecule has 3 aliphatic heterocycles. The molecule has 0 saturated carbocycles. The highest BCUT2D eigenvalue weighted by Gasteiger charge is 2.67. The second kappa shape index (κ2) is 8.40. The van der Waals surface area contributed by atoms with Gasteiger partial charge in [-0.3, -0.25) is 9.59 Å². The number of nitrogens with zero attached hydrogens (tertiary/aromatic N) is 2. The minimum Gasteiger partial charge on any atom is -0.497 e. The quantitative estimate of drug-likeness (QED) is 0.494. The van der Waals surface area contributed by atoms with Gasteiger partial charge >= 0.3 is 0 Å². The van der Waals surface area contributed by atoms with Crippen LogP contribution >= 0.6 is 0 Å². The van der Waals surface area contributed by atoms with E-state index in [2.05, 4.69) is 24.1 Å². The van der Waals surface area contributed by atoms with Crippen LogP contribution in [0, 0.1) is 11.8 Å². The first-order valence-corrected chi connectivity index (χ1v) is 10.9. The Morgan fingerprint density at radius 3 is 2.70 bits per heavy atom. The molecule has 2 fully saturated rings. The van der Waals surface area contributed by atoms with E-state index in [0.29, 0.717) is 13.1 Å². The van der Waals surface area contributed by atoms with Crippen LogP contribution in [0.3, 0.4) is 0 Å². The number of carbonyl (C=O) groups excluding carboxylic acids is 2. The molecule has 3 aliphatic rings. The zero-order chi connectivity index (χ0) is 21.3. The van der Waals surface area contributed by atoms with Crippen LogP contribution in [0.2, 0.25) is 0 Å². The Kier molecular flexibility index (Phi) is 5.84. The normalized spacial score (nSPS) is 29.0. The Morgan fingerprint density at radius 1 is 1.30 bits per heavy atom. The molecule has 2 unspecified atom stereocenters. The molecule has 0 radical (unpaired) electrons. The van der Waals surface area contributed by atoms with Crippen LogP contribution in [0.5, 0.6) is 5.75 Å². The fourth-order valence-corrected chi connectivity index (χ4v) is 4.95. The van der Waals surface area contributed by atoms with E-state index in [1.807, 2.05) is 36.4 Å². The van der Waals surface area contributed by atoms with Crippen molar-refractivity contribution in [3.05, 3.63) is 36.4 Å². The van der Waals surface area contributed by atoms with E-state index in [9.17, 15) is 9.59 Å². The van der Waals surface area contributed by atoms with Crippen LogP contribution in [0.15, 0.2) is 36.4 Å². The minimum absolute atomic E-state index is 0.0460. The summed E-state index contributed by atoms with van der Waals surface area (Å²) in [5, 5.41) is 3.05. The standard InChI is InChI=1S/C23H31N3O4/c1-4-25(5-2)14-6-13-24-21(27)19-18-11-12-23(30-18)15-26(22(28)20(19)23)16-7-9-17(29-3)10-8-16/h7-12,18-20H,4-6,13-15H2,1-3H3,(H,24,27)/t18-,19?,20?,23-/m1/s1. The summed E-state index contributed by atoms with van der Waals surface area (Å²) < 4.78 is 11.4. The molecule has 0 aliphatic carbocycles. The van der Waals surface area contributed by atoms with Crippen molar-refractivity contribution >= 4 is 17.5 Å². The lowest BCUT2D eigenvalue weighted by Crippen LogP contribution is -2.44. The molecular weight excluding hydrogens is 382 g/mol. The lowest BCUT2D eigenvalue weighted by molar-refractivity contribution is -0.131. The fourth-order valence-electron chi connectivity index (χ4n) is 4.95. The predicted octanol–water partition coefficient (Wildman–Crippen LogP) is 1.83. The maximum Gasteiger partial charge on any atom is 0.234 e. The zero-order valence-corrected chi connectivity index (χ0v) is 18.0. The van der Waals surface area contributed by atoms with E-state index in [-0.39, 0.29) is 17.9 Å². The first-order valence-electron chi connectivity index (χ1n) is 10.9. The summed E-state index contributed by atoms with van der Waals surface area (Å²) in [4.78, 5) is 30.4. The van der Waals surface area contributed by atoms with E-state index < -0.39 is 17.4 Å². The minimum atomic E-state index is -0.703. The van der Waals surface area contributed by atoms with Gasteiger partial charge in [-0.1, -0.05) is 26.0 Å². The molecule has 1 N–H and O–H groups in total. The van der Waals surface area contributed by atoms with Crippen LogP contribution in [0.4, 0.5) is 5.69 Å². The summed E-state index contributed by atoms with van der Waals surface area (Å²) in [5.74, 6) is -0.338. The third kappa shape index (κ3) is 3.50.